The molecular weight excluding hydrogens is 600 g/mol. The summed E-state index contributed by atoms with van der Waals surface area (Å²) in [7, 11) is -2.39. The fraction of sp³-hybridized carbons (Fsp3) is 0.143. The number of methoxy groups -OCH3 is 1. The molecule has 2 heterocycles. The number of fused-ring (bicyclic) bond motifs is 1. The minimum Gasteiger partial charge on any atom is -0.497 e. The van der Waals surface area contributed by atoms with Gasteiger partial charge in [0.1, 0.15) is 11.8 Å². The summed E-state index contributed by atoms with van der Waals surface area (Å²) in [6.45, 7) is 1.99. The molecule has 0 radical (unpaired) electrons. The first kappa shape index (κ1) is 27.1. The molecule has 0 aliphatic rings. The van der Waals surface area contributed by atoms with Crippen LogP contribution in [-0.2, 0) is 21.2 Å². The Morgan fingerprint density at radius 3 is 2.56 bits per heavy atom. The van der Waals surface area contributed by atoms with Crippen LogP contribution < -0.4 is 14.8 Å². The summed E-state index contributed by atoms with van der Waals surface area (Å²) in [5, 5.41) is 5.95. The Morgan fingerprint density at radius 1 is 1.10 bits per heavy atom. The van der Waals surface area contributed by atoms with Gasteiger partial charge in [-0.1, -0.05) is 27.6 Å². The van der Waals surface area contributed by atoms with Gasteiger partial charge in [0, 0.05) is 32.5 Å². The van der Waals surface area contributed by atoms with E-state index in [2.05, 4.69) is 35.9 Å². The minimum atomic E-state index is -3.99. The quantitative estimate of drug-likeness (QED) is 0.189. The molecule has 5 aromatic rings. The lowest BCUT2D eigenvalue weighted by molar-refractivity contribution is -0.117. The van der Waals surface area contributed by atoms with E-state index in [1.54, 1.807) is 19.2 Å². The average Bonchev–Trinajstić information content (AvgIpc) is 3.55. The molecule has 0 bridgehead atoms. The number of H-pyrrole nitrogens is 1. The summed E-state index contributed by atoms with van der Waals surface area (Å²) in [5.41, 5.74) is 4.36. The smallest absolute Gasteiger partial charge is 0.244 e. The highest BCUT2D eigenvalue weighted by molar-refractivity contribution is 9.10. The lowest BCUT2D eigenvalue weighted by Crippen LogP contribution is -2.45. The van der Waals surface area contributed by atoms with E-state index in [1.807, 2.05) is 61.0 Å². The number of aromatic amines is 1. The van der Waals surface area contributed by atoms with Crippen LogP contribution in [0.4, 0.5) is 5.13 Å². The van der Waals surface area contributed by atoms with Crippen LogP contribution in [0.5, 0.6) is 5.75 Å². The highest BCUT2D eigenvalue weighted by atomic mass is 79.9. The molecule has 3 N–H and O–H groups in total. The predicted molar refractivity (Wildman–Crippen MR) is 158 cm³/mol. The van der Waals surface area contributed by atoms with Crippen LogP contribution >= 0.6 is 27.3 Å². The molecule has 0 aliphatic heterocycles. The minimum absolute atomic E-state index is 0.0642. The molecule has 0 fully saturated rings. The second kappa shape index (κ2) is 11.3. The summed E-state index contributed by atoms with van der Waals surface area (Å²) in [4.78, 5) is 21.3. The van der Waals surface area contributed by atoms with Crippen LogP contribution in [0.15, 0.2) is 87.7 Å². The van der Waals surface area contributed by atoms with E-state index in [-0.39, 0.29) is 11.3 Å². The zero-order chi connectivity index (χ0) is 27.6. The number of nitrogens with one attached hydrogen (secondary N) is 3. The van der Waals surface area contributed by atoms with Gasteiger partial charge in [-0.3, -0.25) is 4.79 Å². The van der Waals surface area contributed by atoms with Gasteiger partial charge in [0.15, 0.2) is 5.13 Å². The van der Waals surface area contributed by atoms with Crippen molar-refractivity contribution in [2.75, 3.05) is 12.4 Å². The fourth-order valence-corrected chi connectivity index (χ4v) is 6.34. The van der Waals surface area contributed by atoms with E-state index in [1.165, 1.54) is 23.5 Å². The van der Waals surface area contributed by atoms with Crippen molar-refractivity contribution in [2.45, 2.75) is 24.3 Å². The maximum absolute atomic E-state index is 13.5. The van der Waals surface area contributed by atoms with Gasteiger partial charge in [-0.15, -0.1) is 11.3 Å². The number of carbonyl (C=O) groups is 1. The third-order valence-corrected chi connectivity index (χ3v) is 8.98. The number of sulfonamides is 1. The topological polar surface area (TPSA) is 113 Å². The third kappa shape index (κ3) is 6.22. The standard InChI is InChI=1S/C28H25BrN4O4S2/c1-17-3-12-24-23(13-17)19(15-30-24)14-25(33-39(35,36)22-10-6-20(29)7-11-22)27(34)32-28-31-26(16-38-28)18-4-8-21(37-2)9-5-18/h3-13,15-16,25,30,33H,14H2,1-2H3,(H,31,32,34)/t25-/m0/s1. The van der Waals surface area contributed by atoms with Crippen molar-refractivity contribution < 1.29 is 17.9 Å². The number of anilines is 1. The number of aromatic nitrogens is 2. The molecule has 8 nitrogen and oxygen atoms in total. The molecule has 0 unspecified atom stereocenters. The number of ether oxygens (including phenoxy) is 1. The lowest BCUT2D eigenvalue weighted by Gasteiger charge is -2.18. The highest BCUT2D eigenvalue weighted by Crippen LogP contribution is 2.27. The first-order valence-electron chi connectivity index (χ1n) is 12.0. The van der Waals surface area contributed by atoms with E-state index in [0.29, 0.717) is 10.8 Å². The number of hydrogen-bond donors (Lipinski definition) is 3. The fourth-order valence-electron chi connectivity index (χ4n) is 4.16. The summed E-state index contributed by atoms with van der Waals surface area (Å²) in [5.74, 6) is 0.226. The second-order valence-corrected chi connectivity index (χ2v) is 12.4. The van der Waals surface area contributed by atoms with Crippen LogP contribution in [0.1, 0.15) is 11.1 Å². The number of thiazole rings is 1. The molecule has 3 aromatic carbocycles. The molecule has 39 heavy (non-hydrogen) atoms. The molecular formula is C28H25BrN4O4S2. The third-order valence-electron chi connectivity index (χ3n) is 6.20. The number of halogens is 1. The van der Waals surface area contributed by atoms with Crippen molar-refractivity contribution in [1.82, 2.24) is 14.7 Å². The van der Waals surface area contributed by atoms with Gasteiger partial charge in [-0.25, -0.2) is 13.4 Å². The molecule has 0 aliphatic carbocycles. The van der Waals surface area contributed by atoms with E-state index >= 15 is 0 Å². The average molecular weight is 626 g/mol. The van der Waals surface area contributed by atoms with E-state index < -0.39 is 22.0 Å². The number of hydrogen-bond acceptors (Lipinski definition) is 6. The van der Waals surface area contributed by atoms with Crippen molar-refractivity contribution >= 4 is 59.2 Å². The van der Waals surface area contributed by atoms with E-state index in [0.717, 1.165) is 37.8 Å². The van der Waals surface area contributed by atoms with Crippen molar-refractivity contribution in [3.63, 3.8) is 0 Å². The Hall–Kier alpha value is -3.51. The number of aryl methyl sites for hydroxylation is 1. The largest absolute Gasteiger partial charge is 0.497 e. The normalized spacial score (nSPS) is 12.4. The van der Waals surface area contributed by atoms with Gasteiger partial charge in [0.05, 0.1) is 17.7 Å². The van der Waals surface area contributed by atoms with Crippen molar-refractivity contribution in [3.8, 4) is 17.0 Å². The van der Waals surface area contributed by atoms with Crippen LogP contribution in [0.2, 0.25) is 0 Å². The van der Waals surface area contributed by atoms with Gasteiger partial charge in [-0.2, -0.15) is 4.72 Å². The molecule has 0 saturated carbocycles. The van der Waals surface area contributed by atoms with Crippen LogP contribution in [0.25, 0.3) is 22.2 Å². The first-order chi connectivity index (χ1) is 18.7. The maximum Gasteiger partial charge on any atom is 0.244 e. The first-order valence-corrected chi connectivity index (χ1v) is 15.1. The number of nitrogens with zero attached hydrogens (tertiary/aromatic N) is 1. The molecule has 1 atom stereocenters. The van der Waals surface area contributed by atoms with Gasteiger partial charge < -0.3 is 15.0 Å². The van der Waals surface area contributed by atoms with Crippen molar-refractivity contribution in [2.24, 2.45) is 0 Å². The Labute approximate surface area is 238 Å². The SMILES string of the molecule is COc1ccc(-c2csc(NC(=O)[C@H](Cc3c[nH]c4ccc(C)cc34)NS(=O)(=O)c3ccc(Br)cc3)n2)cc1. The summed E-state index contributed by atoms with van der Waals surface area (Å²) >= 11 is 4.59. The molecule has 200 valence electrons. The Balaban J connectivity index is 1.42. The Kier molecular flexibility index (Phi) is 7.85. The molecule has 11 heteroatoms. The summed E-state index contributed by atoms with van der Waals surface area (Å²) < 4.78 is 35.1. The van der Waals surface area contributed by atoms with Gasteiger partial charge in [0.2, 0.25) is 15.9 Å². The van der Waals surface area contributed by atoms with Crippen molar-refractivity contribution in [3.05, 3.63) is 93.9 Å². The van der Waals surface area contributed by atoms with Crippen LogP contribution in [-0.4, -0.2) is 37.4 Å². The number of benzene rings is 3. The lowest BCUT2D eigenvalue weighted by atomic mass is 10.0. The molecule has 0 saturated heterocycles. The summed E-state index contributed by atoms with van der Waals surface area (Å²) in [6, 6.07) is 18.6. The van der Waals surface area contributed by atoms with E-state index in [4.69, 9.17) is 4.74 Å². The van der Waals surface area contributed by atoms with Gasteiger partial charge in [0.25, 0.3) is 0 Å². The van der Waals surface area contributed by atoms with Crippen LogP contribution in [0.3, 0.4) is 0 Å². The van der Waals surface area contributed by atoms with Gasteiger partial charge in [-0.05, 0) is 79.6 Å². The Bertz CT molecular complexity index is 1730. The predicted octanol–water partition coefficient (Wildman–Crippen LogP) is 5.90. The monoisotopic (exact) mass is 624 g/mol. The summed E-state index contributed by atoms with van der Waals surface area (Å²) in [6.07, 6.45) is 1.95. The number of amides is 1. The Morgan fingerprint density at radius 2 is 1.85 bits per heavy atom. The number of rotatable bonds is 9. The molecule has 5 rings (SSSR count). The highest BCUT2D eigenvalue weighted by Gasteiger charge is 2.28. The zero-order valence-electron chi connectivity index (χ0n) is 21.1. The second-order valence-electron chi connectivity index (χ2n) is 8.95. The van der Waals surface area contributed by atoms with Gasteiger partial charge >= 0.3 is 0 Å². The number of carbonyl (C=O) groups excluding carboxylic acids is 1. The molecule has 1 amide bonds. The molecule has 0 spiro atoms. The maximum atomic E-state index is 13.5. The zero-order valence-corrected chi connectivity index (χ0v) is 24.3. The van der Waals surface area contributed by atoms with Crippen LogP contribution in [0, 0.1) is 6.92 Å². The van der Waals surface area contributed by atoms with Crippen molar-refractivity contribution in [1.29, 1.82) is 0 Å². The molecule has 2 aromatic heterocycles. The van der Waals surface area contributed by atoms with E-state index in [9.17, 15) is 13.2 Å².